The molecule has 96 valence electrons. The third-order valence-corrected chi connectivity index (χ3v) is 3.58. The molecule has 0 amide bonds. The first-order valence-corrected chi connectivity index (χ1v) is 7.45. The number of aromatic nitrogens is 3. The van der Waals surface area contributed by atoms with Crippen molar-refractivity contribution in [1.82, 2.24) is 15.1 Å². The van der Waals surface area contributed by atoms with Crippen LogP contribution in [-0.4, -0.2) is 27.1 Å². The van der Waals surface area contributed by atoms with E-state index in [1.54, 1.807) is 11.8 Å². The minimum atomic E-state index is -0.469. The second-order valence-corrected chi connectivity index (χ2v) is 5.50. The summed E-state index contributed by atoms with van der Waals surface area (Å²) in [5.41, 5.74) is 0.0933. The van der Waals surface area contributed by atoms with Gasteiger partial charge in [-0.05, 0) is 34.3 Å². The Labute approximate surface area is 117 Å². The molecule has 0 radical (unpaired) electrons. The molecule has 0 saturated heterocycles. The maximum atomic E-state index is 13.6. The van der Waals surface area contributed by atoms with Crippen molar-refractivity contribution in [3.8, 4) is 11.5 Å². The van der Waals surface area contributed by atoms with Gasteiger partial charge < -0.3 is 4.52 Å². The zero-order valence-electron chi connectivity index (χ0n) is 9.85. The van der Waals surface area contributed by atoms with Crippen LogP contribution in [0.5, 0.6) is 0 Å². The fourth-order valence-corrected chi connectivity index (χ4v) is 2.38. The Hall–Kier alpha value is -0.950. The number of nitrogens with zero attached hydrogens (tertiary/aromatic N) is 3. The van der Waals surface area contributed by atoms with Crippen LogP contribution in [-0.2, 0) is 0 Å². The van der Waals surface area contributed by atoms with Crippen LogP contribution >= 0.6 is 27.7 Å². The van der Waals surface area contributed by atoms with E-state index in [1.807, 2.05) is 13.2 Å². The molecule has 2 aromatic heterocycles. The molecule has 0 fully saturated rings. The molecule has 0 bridgehead atoms. The predicted octanol–water partition coefficient (Wildman–Crippen LogP) is 3.50. The summed E-state index contributed by atoms with van der Waals surface area (Å²) in [6.07, 6.45) is 2.00. The molecule has 7 heteroatoms. The molecule has 0 spiro atoms. The second kappa shape index (κ2) is 5.79. The smallest absolute Gasteiger partial charge is 0.230 e. The number of thioether (sulfide) groups is 1. The molecule has 0 aliphatic carbocycles. The molecule has 2 aromatic rings. The average Bonchev–Trinajstić information content (AvgIpc) is 2.82. The summed E-state index contributed by atoms with van der Waals surface area (Å²) < 4.78 is 19.3. The Bertz CT molecular complexity index is 549. The van der Waals surface area contributed by atoms with Gasteiger partial charge in [0.05, 0.1) is 0 Å². The molecule has 4 nitrogen and oxygen atoms in total. The second-order valence-electron chi connectivity index (χ2n) is 3.78. The van der Waals surface area contributed by atoms with Gasteiger partial charge in [-0.3, -0.25) is 0 Å². The van der Waals surface area contributed by atoms with Crippen LogP contribution in [0.3, 0.4) is 0 Å². The average molecular weight is 332 g/mol. The Morgan fingerprint density at radius 2 is 2.22 bits per heavy atom. The maximum absolute atomic E-state index is 13.6. The van der Waals surface area contributed by atoms with Gasteiger partial charge >= 0.3 is 0 Å². The van der Waals surface area contributed by atoms with E-state index in [9.17, 15) is 4.39 Å². The number of hydrogen-bond acceptors (Lipinski definition) is 5. The Morgan fingerprint density at radius 1 is 1.44 bits per heavy atom. The van der Waals surface area contributed by atoms with Crippen molar-refractivity contribution >= 4 is 27.7 Å². The molecule has 0 saturated carbocycles. The summed E-state index contributed by atoms with van der Waals surface area (Å²) in [7, 11) is 0. The first-order valence-electron chi connectivity index (χ1n) is 5.26. The normalized spacial score (nSPS) is 12.7. The van der Waals surface area contributed by atoms with Crippen LogP contribution in [0.4, 0.5) is 4.39 Å². The van der Waals surface area contributed by atoms with E-state index >= 15 is 0 Å². The van der Waals surface area contributed by atoms with E-state index < -0.39 is 5.82 Å². The van der Waals surface area contributed by atoms with Crippen molar-refractivity contribution in [1.29, 1.82) is 0 Å². The Kier molecular flexibility index (Phi) is 4.34. The lowest BCUT2D eigenvalue weighted by atomic mass is 10.2. The summed E-state index contributed by atoms with van der Waals surface area (Å²) in [6, 6.07) is 2.84. The topological polar surface area (TPSA) is 51.8 Å². The van der Waals surface area contributed by atoms with Crippen molar-refractivity contribution in [2.24, 2.45) is 0 Å². The summed E-state index contributed by atoms with van der Waals surface area (Å²) in [5, 5.41) is 3.77. The molecule has 1 atom stereocenters. The molecule has 0 aliphatic heterocycles. The maximum Gasteiger partial charge on any atom is 0.230 e. The highest BCUT2D eigenvalue weighted by atomic mass is 79.9. The van der Waals surface area contributed by atoms with Crippen molar-refractivity contribution in [3.63, 3.8) is 0 Å². The first kappa shape index (κ1) is 13.5. The van der Waals surface area contributed by atoms with Crippen LogP contribution in [0.15, 0.2) is 21.3 Å². The minimum Gasteiger partial charge on any atom is -0.339 e. The highest BCUT2D eigenvalue weighted by Gasteiger charge is 2.18. The van der Waals surface area contributed by atoms with Gasteiger partial charge in [-0.1, -0.05) is 12.1 Å². The standard InChI is InChI=1S/C11H11BrFN3OS/c1-6(5-18-2)11-15-10(16-17-11)9-7(13)3-4-8(12)14-9/h3-4,6H,5H2,1-2H3/t6-/m1/s1. The van der Waals surface area contributed by atoms with Gasteiger partial charge in [-0.25, -0.2) is 9.37 Å². The van der Waals surface area contributed by atoms with Crippen LogP contribution < -0.4 is 0 Å². The lowest BCUT2D eigenvalue weighted by molar-refractivity contribution is 0.366. The highest BCUT2D eigenvalue weighted by Crippen LogP contribution is 2.23. The van der Waals surface area contributed by atoms with E-state index in [1.165, 1.54) is 12.1 Å². The quantitative estimate of drug-likeness (QED) is 0.802. The van der Waals surface area contributed by atoms with Crippen LogP contribution in [0.25, 0.3) is 11.5 Å². The van der Waals surface area contributed by atoms with Crippen LogP contribution in [0.2, 0.25) is 0 Å². The summed E-state index contributed by atoms with van der Waals surface area (Å²) in [6.45, 7) is 1.98. The molecular weight excluding hydrogens is 321 g/mol. The van der Waals surface area contributed by atoms with Gasteiger partial charge in [0.15, 0.2) is 5.82 Å². The first-order chi connectivity index (χ1) is 8.61. The zero-order chi connectivity index (χ0) is 13.1. The van der Waals surface area contributed by atoms with E-state index in [-0.39, 0.29) is 17.4 Å². The van der Waals surface area contributed by atoms with Gasteiger partial charge in [0, 0.05) is 11.7 Å². The van der Waals surface area contributed by atoms with Gasteiger partial charge in [0.25, 0.3) is 0 Å². The molecule has 0 N–H and O–H groups in total. The highest BCUT2D eigenvalue weighted by molar-refractivity contribution is 9.10. The lowest BCUT2D eigenvalue weighted by Gasteiger charge is -2.01. The molecule has 0 unspecified atom stereocenters. The minimum absolute atomic E-state index is 0.0933. The third-order valence-electron chi connectivity index (χ3n) is 2.30. The molecule has 2 heterocycles. The predicted molar refractivity (Wildman–Crippen MR) is 72.0 cm³/mol. The van der Waals surface area contributed by atoms with Crippen molar-refractivity contribution in [3.05, 3.63) is 28.4 Å². The largest absolute Gasteiger partial charge is 0.339 e. The fourth-order valence-electron chi connectivity index (χ4n) is 1.43. The molecule has 18 heavy (non-hydrogen) atoms. The van der Waals surface area contributed by atoms with Crippen LogP contribution in [0.1, 0.15) is 18.7 Å². The van der Waals surface area contributed by atoms with Crippen molar-refractivity contribution in [2.45, 2.75) is 12.8 Å². The monoisotopic (exact) mass is 331 g/mol. The van der Waals surface area contributed by atoms with Crippen molar-refractivity contribution in [2.75, 3.05) is 12.0 Å². The molecule has 0 aromatic carbocycles. The fraction of sp³-hybridized carbons (Fsp3) is 0.364. The number of hydrogen-bond donors (Lipinski definition) is 0. The summed E-state index contributed by atoms with van der Waals surface area (Å²) >= 11 is 4.88. The SMILES string of the molecule is CSC[C@@H](C)c1nc(-c2nc(Br)ccc2F)no1. The van der Waals surface area contributed by atoms with Gasteiger partial charge in [-0.2, -0.15) is 16.7 Å². The van der Waals surface area contributed by atoms with Gasteiger partial charge in [0.1, 0.15) is 10.3 Å². The lowest BCUT2D eigenvalue weighted by Crippen LogP contribution is -1.97. The summed E-state index contributed by atoms with van der Waals surface area (Å²) in [5.74, 6) is 1.22. The van der Waals surface area contributed by atoms with E-state index in [0.29, 0.717) is 10.5 Å². The van der Waals surface area contributed by atoms with E-state index in [4.69, 9.17) is 4.52 Å². The summed E-state index contributed by atoms with van der Waals surface area (Å²) in [4.78, 5) is 8.20. The number of halogens is 2. The van der Waals surface area contributed by atoms with Crippen LogP contribution in [0, 0.1) is 5.82 Å². The number of pyridine rings is 1. The molecular formula is C11H11BrFN3OS. The molecule has 2 rings (SSSR count). The number of rotatable bonds is 4. The third kappa shape index (κ3) is 2.89. The van der Waals surface area contributed by atoms with E-state index in [2.05, 4.69) is 31.1 Å². The Morgan fingerprint density at radius 3 is 2.94 bits per heavy atom. The molecule has 0 aliphatic rings. The van der Waals surface area contributed by atoms with Gasteiger partial charge in [0.2, 0.25) is 11.7 Å². The van der Waals surface area contributed by atoms with Gasteiger partial charge in [-0.15, -0.1) is 0 Å². The zero-order valence-corrected chi connectivity index (χ0v) is 12.3. The van der Waals surface area contributed by atoms with Crippen molar-refractivity contribution < 1.29 is 8.91 Å². The Balaban J connectivity index is 2.32. The van der Waals surface area contributed by atoms with E-state index in [0.717, 1.165) is 5.75 Å².